The minimum absolute atomic E-state index is 0.143. The number of hydrogen-bond acceptors (Lipinski definition) is 12. The van der Waals surface area contributed by atoms with Crippen LogP contribution in [0.2, 0.25) is 0 Å². The quantitative estimate of drug-likeness (QED) is 0.0268. The van der Waals surface area contributed by atoms with Crippen molar-refractivity contribution in [3.05, 3.63) is 22.3 Å². The summed E-state index contributed by atoms with van der Waals surface area (Å²) in [5.74, 6) is 2.35. The van der Waals surface area contributed by atoms with Crippen molar-refractivity contribution in [3.63, 3.8) is 0 Å². The maximum absolute atomic E-state index is 13.3. The number of benzene rings is 1. The fraction of sp³-hybridized carbons (Fsp3) is 0.831. The number of carbonyl (C=O) groups is 4. The van der Waals surface area contributed by atoms with Crippen LogP contribution in [-0.2, 0) is 39.7 Å². The predicted octanol–water partition coefficient (Wildman–Crippen LogP) is 15.3. The second-order valence-corrected chi connectivity index (χ2v) is 21.7. The van der Waals surface area contributed by atoms with E-state index in [-0.39, 0.29) is 44.4 Å². The molecule has 0 saturated carbocycles. The van der Waals surface area contributed by atoms with Crippen LogP contribution in [-0.4, -0.2) is 87.4 Å². The fourth-order valence-corrected chi connectivity index (χ4v) is 9.56. The number of unbranched alkanes of at least 4 members (excludes halogenated alkanes) is 9. The van der Waals surface area contributed by atoms with Crippen LogP contribution < -0.4 is 9.47 Å². The topological polar surface area (TPSA) is 136 Å². The van der Waals surface area contributed by atoms with E-state index in [1.54, 1.807) is 0 Å². The van der Waals surface area contributed by atoms with Gasteiger partial charge in [0, 0.05) is 24.9 Å². The molecule has 0 spiro atoms. The molecule has 1 heterocycles. The maximum Gasteiger partial charge on any atom is 0.513 e. The molecule has 0 aromatic heterocycles. The lowest BCUT2D eigenvalue weighted by atomic mass is 9.83. The molecular weight excluding hydrogens is 899 g/mol. The Kier molecular flexibility index (Phi) is 33.3. The maximum atomic E-state index is 13.3. The molecule has 1 unspecified atom stereocenters. The highest BCUT2D eigenvalue weighted by atomic mass is 16.7. The number of ether oxygens (including phenoxy) is 7. The minimum Gasteiger partial charge on any atom is -0.487 e. The summed E-state index contributed by atoms with van der Waals surface area (Å²) < 4.78 is 40.0. The molecule has 1 aliphatic rings. The van der Waals surface area contributed by atoms with Gasteiger partial charge in [-0.1, -0.05) is 145 Å². The number of esters is 2. The van der Waals surface area contributed by atoms with Gasteiger partial charge in [-0.2, -0.15) is 0 Å². The first-order valence-electron chi connectivity index (χ1n) is 28.5. The van der Waals surface area contributed by atoms with E-state index in [9.17, 15) is 19.2 Å². The van der Waals surface area contributed by atoms with E-state index < -0.39 is 24.2 Å². The number of fused-ring (bicyclic) bond motifs is 1. The van der Waals surface area contributed by atoms with Crippen LogP contribution in [0.25, 0.3) is 0 Å². The molecule has 0 bridgehead atoms. The summed E-state index contributed by atoms with van der Waals surface area (Å²) in [7, 11) is 0. The van der Waals surface area contributed by atoms with Crippen molar-refractivity contribution in [3.8, 4) is 11.5 Å². The number of nitrogens with zero attached hydrogens (tertiary/aromatic N) is 1. The average Bonchev–Trinajstić information content (AvgIpc) is 3.33. The first-order chi connectivity index (χ1) is 34.0. The third kappa shape index (κ3) is 27.9. The molecule has 71 heavy (non-hydrogen) atoms. The Labute approximate surface area is 432 Å². The second-order valence-electron chi connectivity index (χ2n) is 21.7. The zero-order valence-electron chi connectivity index (χ0n) is 47.1. The van der Waals surface area contributed by atoms with Gasteiger partial charge in [-0.3, -0.25) is 9.59 Å². The Balaban J connectivity index is 1.89. The molecule has 4 atom stereocenters. The lowest BCUT2D eigenvalue weighted by Gasteiger charge is -2.38. The largest absolute Gasteiger partial charge is 0.513 e. The predicted molar refractivity (Wildman–Crippen MR) is 286 cm³/mol. The molecule has 2 rings (SSSR count). The summed E-state index contributed by atoms with van der Waals surface area (Å²) in [6.07, 6.45) is 23.7. The third-order valence-corrected chi connectivity index (χ3v) is 14.6. The van der Waals surface area contributed by atoms with Gasteiger partial charge in [0.1, 0.15) is 36.9 Å². The average molecular weight is 1000 g/mol. The third-order valence-electron chi connectivity index (χ3n) is 14.6. The molecule has 1 aromatic carbocycles. The van der Waals surface area contributed by atoms with E-state index in [0.717, 1.165) is 98.0 Å². The van der Waals surface area contributed by atoms with Gasteiger partial charge in [0.25, 0.3) is 0 Å². The molecule has 0 N–H and O–H groups in total. The normalized spacial score (nSPS) is 15.7. The Morgan fingerprint density at radius 3 is 1.73 bits per heavy atom. The number of rotatable bonds is 40. The van der Waals surface area contributed by atoms with E-state index in [1.165, 1.54) is 83.5 Å². The van der Waals surface area contributed by atoms with Crippen LogP contribution in [0.15, 0.2) is 0 Å². The summed E-state index contributed by atoms with van der Waals surface area (Å²) in [5, 5.41) is 0. The van der Waals surface area contributed by atoms with Crippen molar-refractivity contribution in [1.82, 2.24) is 4.90 Å². The lowest BCUT2D eigenvalue weighted by Crippen LogP contribution is -2.37. The Bertz CT molecular complexity index is 1640. The molecule has 12 nitrogen and oxygen atoms in total. The molecule has 0 radical (unpaired) electrons. The van der Waals surface area contributed by atoms with E-state index in [0.29, 0.717) is 50.4 Å². The van der Waals surface area contributed by atoms with Crippen LogP contribution in [0.3, 0.4) is 0 Å². The van der Waals surface area contributed by atoms with Gasteiger partial charge in [0.15, 0.2) is 0 Å². The highest BCUT2D eigenvalue weighted by Gasteiger charge is 2.35. The lowest BCUT2D eigenvalue weighted by molar-refractivity contribution is -0.146. The first-order valence-corrected chi connectivity index (χ1v) is 28.5. The second kappa shape index (κ2) is 37.2. The van der Waals surface area contributed by atoms with Crippen LogP contribution >= 0.6 is 0 Å². The molecule has 1 aromatic rings. The molecule has 0 fully saturated rings. The van der Waals surface area contributed by atoms with Crippen molar-refractivity contribution >= 4 is 24.2 Å². The smallest absolute Gasteiger partial charge is 0.487 e. The molecule has 410 valence electrons. The van der Waals surface area contributed by atoms with Crippen LogP contribution in [0.4, 0.5) is 9.59 Å². The van der Waals surface area contributed by atoms with Crippen molar-refractivity contribution in [1.29, 1.82) is 0 Å². The van der Waals surface area contributed by atoms with E-state index in [1.807, 2.05) is 20.8 Å². The summed E-state index contributed by atoms with van der Waals surface area (Å²) >= 11 is 0. The molecule has 0 aliphatic carbocycles. The highest BCUT2D eigenvalue weighted by Crippen LogP contribution is 2.45. The standard InChI is InChI=1S/C59H103NO11/c1-12-15-16-17-18-19-20-24-40-65-53(61)34-22-21-23-35-54(62)67-42-51(43-68-57(63)66-41-28-39-60(13-2)14-3)44-69-58(64)70-55-48(8)49(9)56-52(50(55)10)36-38-59(11,71-56)37-27-33-47(7)32-26-31-46(6)30-25-29-45(4)5/h45-47,51H,12-44H2,1-11H3/t46-,47-,51?,59-/m1/s1. The first kappa shape index (κ1) is 63.6. The van der Waals surface area contributed by atoms with Gasteiger partial charge in [0.2, 0.25) is 0 Å². The monoisotopic (exact) mass is 1000 g/mol. The Hall–Kier alpha value is -3.54. The fourth-order valence-electron chi connectivity index (χ4n) is 9.56. The summed E-state index contributed by atoms with van der Waals surface area (Å²) in [6, 6.07) is 0. The molecule has 0 saturated heterocycles. The summed E-state index contributed by atoms with van der Waals surface area (Å²) in [5.41, 5.74) is 3.39. The van der Waals surface area contributed by atoms with Gasteiger partial charge in [-0.05, 0) is 127 Å². The highest BCUT2D eigenvalue weighted by molar-refractivity contribution is 5.70. The zero-order chi connectivity index (χ0) is 52.4. The van der Waals surface area contributed by atoms with E-state index >= 15 is 0 Å². The molecule has 12 heteroatoms. The molecule has 1 aliphatic heterocycles. The van der Waals surface area contributed by atoms with Crippen molar-refractivity contribution in [2.24, 2.45) is 23.7 Å². The molecule has 0 amide bonds. The van der Waals surface area contributed by atoms with Crippen LogP contribution in [0, 0.1) is 44.4 Å². The minimum atomic E-state index is -0.904. The van der Waals surface area contributed by atoms with Gasteiger partial charge < -0.3 is 38.1 Å². The summed E-state index contributed by atoms with van der Waals surface area (Å²) in [6.45, 7) is 26.7. The van der Waals surface area contributed by atoms with Crippen molar-refractivity contribution in [2.45, 2.75) is 242 Å². The van der Waals surface area contributed by atoms with Gasteiger partial charge >= 0.3 is 24.2 Å². The summed E-state index contributed by atoms with van der Waals surface area (Å²) in [4.78, 5) is 53.1. The van der Waals surface area contributed by atoms with E-state index in [2.05, 4.69) is 60.3 Å². The number of carbonyl (C=O) groups excluding carboxylic acids is 4. The Morgan fingerprint density at radius 2 is 1.11 bits per heavy atom. The van der Waals surface area contributed by atoms with Gasteiger partial charge in [-0.25, -0.2) is 9.59 Å². The van der Waals surface area contributed by atoms with Crippen molar-refractivity contribution < 1.29 is 52.3 Å². The van der Waals surface area contributed by atoms with Gasteiger partial charge in [-0.15, -0.1) is 0 Å². The Morgan fingerprint density at radius 1 is 0.577 bits per heavy atom. The molecular formula is C59H103NO11. The van der Waals surface area contributed by atoms with Crippen LogP contribution in [0.5, 0.6) is 11.5 Å². The zero-order valence-corrected chi connectivity index (χ0v) is 47.1. The van der Waals surface area contributed by atoms with Crippen molar-refractivity contribution in [2.75, 3.05) is 52.7 Å². The number of hydrogen-bond donors (Lipinski definition) is 0. The SMILES string of the molecule is CCCCCCCCCCOC(=O)CCCCCC(=O)OCC(COC(=O)OCCCN(CC)CC)COC(=O)Oc1c(C)c(C)c2c(c1C)CC[C@@](C)(CCC[C@H](C)CCC[C@H](C)CCCC(C)C)O2. The van der Waals surface area contributed by atoms with Gasteiger partial charge in [0.05, 0.1) is 19.1 Å². The van der Waals surface area contributed by atoms with E-state index in [4.69, 9.17) is 33.2 Å². The van der Waals surface area contributed by atoms with Crippen LogP contribution in [0.1, 0.15) is 232 Å².